The second-order valence-corrected chi connectivity index (χ2v) is 8.40. The highest BCUT2D eigenvalue weighted by molar-refractivity contribution is 7.99. The molecule has 10 heteroatoms. The smallest absolute Gasteiger partial charge is 0.234 e. The van der Waals surface area contributed by atoms with E-state index < -0.39 is 6.10 Å². The SMILES string of the molecule is C=CCn1c(SCC(=O)Nc2ccccc2OC)nnc1C(C)Oc1cc(Cl)ccc1Cl. The summed E-state index contributed by atoms with van der Waals surface area (Å²) >= 11 is 13.5. The zero-order valence-electron chi connectivity index (χ0n) is 17.5. The molecule has 1 amide bonds. The third-order valence-electron chi connectivity index (χ3n) is 4.33. The Morgan fingerprint density at radius 3 is 2.78 bits per heavy atom. The van der Waals surface area contributed by atoms with E-state index >= 15 is 0 Å². The number of hydrogen-bond donors (Lipinski definition) is 1. The maximum atomic E-state index is 12.5. The van der Waals surface area contributed by atoms with Crippen molar-refractivity contribution in [3.8, 4) is 11.5 Å². The fourth-order valence-corrected chi connectivity index (χ4v) is 3.96. The highest BCUT2D eigenvalue weighted by Crippen LogP contribution is 2.32. The maximum absolute atomic E-state index is 12.5. The Morgan fingerprint density at radius 2 is 2.03 bits per heavy atom. The molecule has 0 fully saturated rings. The zero-order chi connectivity index (χ0) is 23.1. The lowest BCUT2D eigenvalue weighted by atomic mass is 10.3. The molecule has 168 valence electrons. The first-order chi connectivity index (χ1) is 15.4. The Morgan fingerprint density at radius 1 is 1.25 bits per heavy atom. The molecule has 7 nitrogen and oxygen atoms in total. The highest BCUT2D eigenvalue weighted by Gasteiger charge is 2.21. The largest absolute Gasteiger partial charge is 0.495 e. The standard InChI is InChI=1S/C22H22Cl2N4O3S/c1-4-11-28-21(14(2)31-19-12-15(23)9-10-16(19)24)26-27-22(28)32-13-20(29)25-17-7-5-6-8-18(17)30-3/h4-10,12,14H,1,11,13H2,2-3H3,(H,25,29). The van der Waals surface area contributed by atoms with Crippen LogP contribution in [0.5, 0.6) is 11.5 Å². The Bertz CT molecular complexity index is 1110. The topological polar surface area (TPSA) is 78.3 Å². The Labute approximate surface area is 200 Å². The third kappa shape index (κ3) is 5.97. The molecule has 1 aromatic heterocycles. The Balaban J connectivity index is 1.70. The third-order valence-corrected chi connectivity index (χ3v) is 5.85. The van der Waals surface area contributed by atoms with E-state index in [9.17, 15) is 4.79 Å². The molecule has 2 aromatic carbocycles. The average molecular weight is 493 g/mol. The van der Waals surface area contributed by atoms with Crippen LogP contribution < -0.4 is 14.8 Å². The number of para-hydroxylation sites is 2. The first-order valence-corrected chi connectivity index (χ1v) is 11.4. The minimum absolute atomic E-state index is 0.142. The quantitative estimate of drug-likeness (QED) is 0.291. The number of amides is 1. The fourth-order valence-electron chi connectivity index (χ4n) is 2.88. The number of halogens is 2. The van der Waals surface area contributed by atoms with Crippen molar-refractivity contribution in [1.29, 1.82) is 0 Å². The lowest BCUT2D eigenvalue weighted by Gasteiger charge is -2.16. The molecule has 32 heavy (non-hydrogen) atoms. The number of ether oxygens (including phenoxy) is 2. The van der Waals surface area contributed by atoms with Crippen LogP contribution in [0.1, 0.15) is 18.9 Å². The van der Waals surface area contributed by atoms with Gasteiger partial charge in [-0.05, 0) is 31.2 Å². The van der Waals surface area contributed by atoms with Gasteiger partial charge < -0.3 is 14.8 Å². The molecule has 0 aliphatic carbocycles. The van der Waals surface area contributed by atoms with Crippen LogP contribution in [0.15, 0.2) is 60.3 Å². The maximum Gasteiger partial charge on any atom is 0.234 e. The number of hydrogen-bond acceptors (Lipinski definition) is 6. The van der Waals surface area contributed by atoms with E-state index in [-0.39, 0.29) is 11.7 Å². The lowest BCUT2D eigenvalue weighted by Crippen LogP contribution is -2.16. The number of thioether (sulfide) groups is 1. The van der Waals surface area contributed by atoms with Crippen molar-refractivity contribution < 1.29 is 14.3 Å². The predicted molar refractivity (Wildman–Crippen MR) is 128 cm³/mol. The second-order valence-electron chi connectivity index (χ2n) is 6.61. The van der Waals surface area contributed by atoms with Gasteiger partial charge >= 0.3 is 0 Å². The summed E-state index contributed by atoms with van der Waals surface area (Å²) in [5.41, 5.74) is 0.606. The highest BCUT2D eigenvalue weighted by atomic mass is 35.5. The van der Waals surface area contributed by atoms with E-state index in [1.807, 2.05) is 23.6 Å². The van der Waals surface area contributed by atoms with Crippen molar-refractivity contribution >= 4 is 46.6 Å². The molecular weight excluding hydrogens is 471 g/mol. The van der Waals surface area contributed by atoms with E-state index in [0.717, 1.165) is 0 Å². The molecule has 0 aliphatic heterocycles. The molecule has 0 bridgehead atoms. The van der Waals surface area contributed by atoms with Crippen LogP contribution in [-0.4, -0.2) is 33.5 Å². The summed E-state index contributed by atoms with van der Waals surface area (Å²) in [6, 6.07) is 12.2. The summed E-state index contributed by atoms with van der Waals surface area (Å²) in [6.07, 6.45) is 1.26. The lowest BCUT2D eigenvalue weighted by molar-refractivity contribution is -0.113. The first kappa shape index (κ1) is 24.0. The first-order valence-electron chi connectivity index (χ1n) is 9.64. The molecule has 0 saturated heterocycles. The molecule has 0 spiro atoms. The summed E-state index contributed by atoms with van der Waals surface area (Å²) < 4.78 is 13.1. The number of carbonyl (C=O) groups excluding carboxylic acids is 1. The van der Waals surface area contributed by atoms with Gasteiger partial charge in [-0.3, -0.25) is 9.36 Å². The number of rotatable bonds is 10. The molecule has 3 rings (SSSR count). The van der Waals surface area contributed by atoms with Gasteiger partial charge in [0, 0.05) is 17.6 Å². The zero-order valence-corrected chi connectivity index (χ0v) is 19.9. The van der Waals surface area contributed by atoms with Crippen molar-refractivity contribution in [2.45, 2.75) is 24.7 Å². The van der Waals surface area contributed by atoms with Crippen LogP contribution in [0.25, 0.3) is 0 Å². The van der Waals surface area contributed by atoms with Crippen molar-refractivity contribution in [1.82, 2.24) is 14.8 Å². The van der Waals surface area contributed by atoms with Crippen LogP contribution in [-0.2, 0) is 11.3 Å². The molecule has 0 aliphatic rings. The number of allylic oxidation sites excluding steroid dienone is 1. The number of nitrogens with one attached hydrogen (secondary N) is 1. The number of anilines is 1. The number of methoxy groups -OCH3 is 1. The Hall–Kier alpha value is -2.68. The van der Waals surface area contributed by atoms with Gasteiger partial charge in [0.1, 0.15) is 11.5 Å². The predicted octanol–water partition coefficient (Wildman–Crippen LogP) is 5.65. The summed E-state index contributed by atoms with van der Waals surface area (Å²) in [7, 11) is 1.55. The van der Waals surface area contributed by atoms with Gasteiger partial charge in [0.2, 0.25) is 5.91 Å². The van der Waals surface area contributed by atoms with E-state index in [4.69, 9.17) is 32.7 Å². The van der Waals surface area contributed by atoms with Gasteiger partial charge in [0.05, 0.1) is 23.6 Å². The van der Waals surface area contributed by atoms with Crippen molar-refractivity contribution in [3.05, 3.63) is 71.0 Å². The van der Waals surface area contributed by atoms with Crippen molar-refractivity contribution in [2.75, 3.05) is 18.2 Å². The van der Waals surface area contributed by atoms with Crippen LogP contribution in [0.4, 0.5) is 5.69 Å². The molecule has 0 radical (unpaired) electrons. The van der Waals surface area contributed by atoms with E-state index in [0.29, 0.717) is 44.8 Å². The van der Waals surface area contributed by atoms with Crippen LogP contribution >= 0.6 is 35.0 Å². The van der Waals surface area contributed by atoms with Gasteiger partial charge in [-0.2, -0.15) is 0 Å². The van der Waals surface area contributed by atoms with Gasteiger partial charge in [0.15, 0.2) is 17.1 Å². The van der Waals surface area contributed by atoms with Gasteiger partial charge in [0.25, 0.3) is 0 Å². The van der Waals surface area contributed by atoms with Crippen molar-refractivity contribution in [2.24, 2.45) is 0 Å². The summed E-state index contributed by atoms with van der Waals surface area (Å²) in [5.74, 6) is 1.57. The number of aromatic nitrogens is 3. The van der Waals surface area contributed by atoms with Gasteiger partial charge in [-0.25, -0.2) is 0 Å². The molecule has 1 heterocycles. The molecular formula is C22H22Cl2N4O3S. The minimum Gasteiger partial charge on any atom is -0.495 e. The van der Waals surface area contributed by atoms with Gasteiger partial charge in [-0.1, -0.05) is 53.2 Å². The number of carbonyl (C=O) groups is 1. The molecule has 0 saturated carbocycles. The molecule has 3 aromatic rings. The summed E-state index contributed by atoms with van der Waals surface area (Å²) in [4.78, 5) is 12.5. The Kier molecular flexibility index (Phi) is 8.44. The molecule has 1 unspecified atom stereocenters. The number of benzene rings is 2. The van der Waals surface area contributed by atoms with E-state index in [1.54, 1.807) is 43.5 Å². The van der Waals surface area contributed by atoms with Crippen LogP contribution in [0.3, 0.4) is 0 Å². The normalized spacial score (nSPS) is 11.6. The van der Waals surface area contributed by atoms with E-state index in [2.05, 4.69) is 22.1 Å². The van der Waals surface area contributed by atoms with Crippen LogP contribution in [0, 0.1) is 0 Å². The summed E-state index contributed by atoms with van der Waals surface area (Å²) in [5, 5.41) is 12.9. The fraction of sp³-hybridized carbons (Fsp3) is 0.227. The average Bonchev–Trinajstić information content (AvgIpc) is 3.18. The van der Waals surface area contributed by atoms with Gasteiger partial charge in [-0.15, -0.1) is 16.8 Å². The van der Waals surface area contributed by atoms with E-state index in [1.165, 1.54) is 11.8 Å². The summed E-state index contributed by atoms with van der Waals surface area (Å²) in [6.45, 7) is 6.09. The van der Waals surface area contributed by atoms with Crippen LogP contribution in [0.2, 0.25) is 10.0 Å². The molecule has 1 N–H and O–H groups in total. The molecule has 1 atom stereocenters. The number of nitrogens with zero attached hydrogens (tertiary/aromatic N) is 3. The van der Waals surface area contributed by atoms with Crippen molar-refractivity contribution in [3.63, 3.8) is 0 Å². The minimum atomic E-state index is -0.463. The second kappa shape index (κ2) is 11.3. The monoisotopic (exact) mass is 492 g/mol.